The molecule has 1 atom stereocenters. The van der Waals surface area contributed by atoms with Crippen LogP contribution in [0.25, 0.3) is 0 Å². The van der Waals surface area contributed by atoms with Gasteiger partial charge in [-0.05, 0) is 52.9 Å². The molecule has 0 aromatic rings. The van der Waals surface area contributed by atoms with Gasteiger partial charge in [0.25, 0.3) is 0 Å². The van der Waals surface area contributed by atoms with E-state index in [0.717, 1.165) is 38.5 Å². The van der Waals surface area contributed by atoms with E-state index in [0.29, 0.717) is 6.42 Å². The second-order valence-corrected chi connectivity index (χ2v) is 6.97. The molecule has 21 heavy (non-hydrogen) atoms. The molecule has 122 valence electrons. The maximum Gasteiger partial charge on any atom is 0.309 e. The van der Waals surface area contributed by atoms with Crippen molar-refractivity contribution < 1.29 is 19.1 Å². The van der Waals surface area contributed by atoms with E-state index in [2.05, 4.69) is 6.92 Å². The molecule has 0 saturated heterocycles. The summed E-state index contributed by atoms with van der Waals surface area (Å²) in [5.74, 6) is -0.895. The Kier molecular flexibility index (Phi) is 7.20. The minimum atomic E-state index is -0.512. The Morgan fingerprint density at radius 2 is 1.81 bits per heavy atom. The third-order valence-corrected chi connectivity index (χ3v) is 3.66. The molecule has 1 aliphatic carbocycles. The Morgan fingerprint density at radius 1 is 1.19 bits per heavy atom. The lowest BCUT2D eigenvalue weighted by molar-refractivity contribution is -0.164. The minimum absolute atomic E-state index is 0.0558. The molecule has 0 aliphatic heterocycles. The van der Waals surface area contributed by atoms with Crippen molar-refractivity contribution in [2.75, 3.05) is 0 Å². The minimum Gasteiger partial charge on any atom is -0.462 e. The predicted octanol–water partition coefficient (Wildman–Crippen LogP) is 4.01. The van der Waals surface area contributed by atoms with Crippen molar-refractivity contribution in [1.29, 1.82) is 0 Å². The van der Waals surface area contributed by atoms with E-state index >= 15 is 0 Å². The fourth-order valence-corrected chi connectivity index (χ4v) is 2.60. The number of esters is 2. The zero-order valence-corrected chi connectivity index (χ0v) is 13.9. The van der Waals surface area contributed by atoms with Crippen LogP contribution in [0.1, 0.15) is 79.1 Å². The Balaban J connectivity index is 2.52. The highest BCUT2D eigenvalue weighted by Gasteiger charge is 2.29. The molecule has 4 heteroatoms. The van der Waals surface area contributed by atoms with Crippen LogP contribution in [0.15, 0.2) is 0 Å². The third-order valence-electron chi connectivity index (χ3n) is 3.66. The lowest BCUT2D eigenvalue weighted by atomic mass is 9.98. The Hall–Kier alpha value is -1.06. The molecule has 0 amide bonds. The average Bonchev–Trinajstić information content (AvgIpc) is 2.84. The summed E-state index contributed by atoms with van der Waals surface area (Å²) < 4.78 is 10.9. The number of carbonyl (C=O) groups excluding carboxylic acids is 2. The molecule has 0 bridgehead atoms. The SMILES string of the molecule is CCCCC(CC(=O)OC(C)(C)C)C(=O)OC1CCCC1. The molecule has 1 rings (SSSR count). The lowest BCUT2D eigenvalue weighted by Gasteiger charge is -2.22. The first-order valence-corrected chi connectivity index (χ1v) is 8.24. The fraction of sp³-hybridized carbons (Fsp3) is 0.882. The van der Waals surface area contributed by atoms with Crippen molar-refractivity contribution in [3.05, 3.63) is 0 Å². The Bertz CT molecular complexity index is 337. The van der Waals surface area contributed by atoms with Crippen LogP contribution in [0.5, 0.6) is 0 Å². The topological polar surface area (TPSA) is 52.6 Å². The molecule has 0 aromatic carbocycles. The standard InChI is InChI=1S/C17H30O4/c1-5-6-9-13(12-15(18)21-17(2,3)4)16(19)20-14-10-7-8-11-14/h13-14H,5-12H2,1-4H3. The number of hydrogen-bond donors (Lipinski definition) is 0. The highest BCUT2D eigenvalue weighted by atomic mass is 16.6. The molecule has 0 aromatic heterocycles. The summed E-state index contributed by atoms with van der Waals surface area (Å²) in [6, 6.07) is 0. The van der Waals surface area contributed by atoms with Gasteiger partial charge in [-0.3, -0.25) is 9.59 Å². The molecule has 0 spiro atoms. The van der Waals surface area contributed by atoms with Crippen LogP contribution >= 0.6 is 0 Å². The summed E-state index contributed by atoms with van der Waals surface area (Å²) >= 11 is 0. The van der Waals surface area contributed by atoms with E-state index in [1.807, 2.05) is 20.8 Å². The van der Waals surface area contributed by atoms with Gasteiger partial charge in [-0.1, -0.05) is 19.8 Å². The first-order chi connectivity index (χ1) is 9.81. The van der Waals surface area contributed by atoms with Gasteiger partial charge in [0.1, 0.15) is 11.7 Å². The van der Waals surface area contributed by atoms with E-state index < -0.39 is 5.60 Å². The first kappa shape index (κ1) is 18.0. The number of unbranched alkanes of at least 4 members (excludes halogenated alkanes) is 1. The molecular formula is C17H30O4. The average molecular weight is 298 g/mol. The highest BCUT2D eigenvalue weighted by Crippen LogP contribution is 2.24. The summed E-state index contributed by atoms with van der Waals surface area (Å²) in [5.41, 5.74) is -0.512. The molecule has 1 unspecified atom stereocenters. The van der Waals surface area contributed by atoms with Gasteiger partial charge in [-0.25, -0.2) is 0 Å². The Labute approximate surface area is 128 Å². The number of hydrogen-bond acceptors (Lipinski definition) is 4. The zero-order chi connectivity index (χ0) is 15.9. The third kappa shape index (κ3) is 7.49. The van der Waals surface area contributed by atoms with Crippen LogP contribution in [-0.2, 0) is 19.1 Å². The van der Waals surface area contributed by atoms with Crippen molar-refractivity contribution in [2.24, 2.45) is 5.92 Å². The van der Waals surface area contributed by atoms with Crippen molar-refractivity contribution in [3.8, 4) is 0 Å². The van der Waals surface area contributed by atoms with Gasteiger partial charge < -0.3 is 9.47 Å². The molecule has 0 heterocycles. The van der Waals surface area contributed by atoms with E-state index in [1.54, 1.807) is 0 Å². The molecule has 1 saturated carbocycles. The van der Waals surface area contributed by atoms with Crippen LogP contribution in [-0.4, -0.2) is 23.6 Å². The van der Waals surface area contributed by atoms with Gasteiger partial charge in [0.2, 0.25) is 0 Å². The quantitative estimate of drug-likeness (QED) is 0.666. The summed E-state index contributed by atoms with van der Waals surface area (Å²) in [6.07, 6.45) is 6.98. The monoisotopic (exact) mass is 298 g/mol. The lowest BCUT2D eigenvalue weighted by Crippen LogP contribution is -2.29. The van der Waals surface area contributed by atoms with Gasteiger partial charge in [-0.2, -0.15) is 0 Å². The highest BCUT2D eigenvalue weighted by molar-refractivity contribution is 5.80. The van der Waals surface area contributed by atoms with Crippen LogP contribution in [0, 0.1) is 5.92 Å². The van der Waals surface area contributed by atoms with E-state index in [1.165, 1.54) is 0 Å². The second kappa shape index (κ2) is 8.40. The van der Waals surface area contributed by atoms with Gasteiger partial charge in [-0.15, -0.1) is 0 Å². The predicted molar refractivity (Wildman–Crippen MR) is 81.8 cm³/mol. The van der Waals surface area contributed by atoms with Crippen LogP contribution in [0.2, 0.25) is 0 Å². The molecule has 0 N–H and O–H groups in total. The summed E-state index contributed by atoms with van der Waals surface area (Å²) in [4.78, 5) is 24.2. The van der Waals surface area contributed by atoms with Crippen molar-refractivity contribution >= 4 is 11.9 Å². The van der Waals surface area contributed by atoms with E-state index in [9.17, 15) is 9.59 Å². The summed E-state index contributed by atoms with van der Waals surface area (Å²) in [7, 11) is 0. The van der Waals surface area contributed by atoms with Crippen LogP contribution in [0.3, 0.4) is 0 Å². The molecule has 4 nitrogen and oxygen atoms in total. The number of carbonyl (C=O) groups is 2. The maximum atomic E-state index is 12.3. The number of rotatable bonds is 7. The van der Waals surface area contributed by atoms with Gasteiger partial charge in [0, 0.05) is 0 Å². The van der Waals surface area contributed by atoms with Crippen molar-refractivity contribution in [2.45, 2.75) is 90.8 Å². The Morgan fingerprint density at radius 3 is 2.33 bits per heavy atom. The molecule has 1 fully saturated rings. The number of ether oxygens (including phenoxy) is 2. The van der Waals surface area contributed by atoms with E-state index in [-0.39, 0.29) is 30.4 Å². The van der Waals surface area contributed by atoms with Crippen LogP contribution < -0.4 is 0 Å². The maximum absolute atomic E-state index is 12.3. The zero-order valence-electron chi connectivity index (χ0n) is 13.9. The fourth-order valence-electron chi connectivity index (χ4n) is 2.60. The molecule has 1 aliphatic rings. The van der Waals surface area contributed by atoms with Crippen molar-refractivity contribution in [3.63, 3.8) is 0 Å². The molecule has 0 radical (unpaired) electrons. The largest absolute Gasteiger partial charge is 0.462 e. The summed E-state index contributed by atoms with van der Waals surface area (Å²) in [6.45, 7) is 7.58. The second-order valence-electron chi connectivity index (χ2n) is 6.97. The van der Waals surface area contributed by atoms with Gasteiger partial charge >= 0.3 is 11.9 Å². The first-order valence-electron chi connectivity index (χ1n) is 8.24. The van der Waals surface area contributed by atoms with E-state index in [4.69, 9.17) is 9.47 Å². The summed E-state index contributed by atoms with van der Waals surface area (Å²) in [5, 5.41) is 0. The molecular weight excluding hydrogens is 268 g/mol. The smallest absolute Gasteiger partial charge is 0.309 e. The van der Waals surface area contributed by atoms with Gasteiger partial charge in [0.15, 0.2) is 0 Å². The normalized spacial score (nSPS) is 17.5. The van der Waals surface area contributed by atoms with Crippen molar-refractivity contribution in [1.82, 2.24) is 0 Å². The van der Waals surface area contributed by atoms with Gasteiger partial charge in [0.05, 0.1) is 12.3 Å². The van der Waals surface area contributed by atoms with Crippen LogP contribution in [0.4, 0.5) is 0 Å².